The molecule has 12 heteroatoms. The van der Waals surface area contributed by atoms with Crippen LogP contribution >= 0.6 is 11.6 Å². The molecule has 0 heterocycles. The number of sulfonamides is 2. The highest BCUT2D eigenvalue weighted by atomic mass is 35.5. The second kappa shape index (κ2) is 12.7. The molecule has 6 nitrogen and oxygen atoms in total. The van der Waals surface area contributed by atoms with Crippen molar-refractivity contribution in [1.29, 1.82) is 0 Å². The van der Waals surface area contributed by atoms with Crippen LogP contribution in [0.4, 0.5) is 18.9 Å². The van der Waals surface area contributed by atoms with Crippen LogP contribution in [0.15, 0.2) is 65.6 Å². The zero-order valence-electron chi connectivity index (χ0n) is 21.7. The van der Waals surface area contributed by atoms with Gasteiger partial charge in [-0.25, -0.2) is 34.3 Å². The van der Waals surface area contributed by atoms with Gasteiger partial charge in [-0.2, -0.15) is 0 Å². The maximum Gasteiger partial charge on any atom is 0.264 e. The van der Waals surface area contributed by atoms with Crippen LogP contribution < -0.4 is 4.31 Å². The number of nitrogens with zero attached hydrogens (tertiary/aromatic N) is 2. The highest BCUT2D eigenvalue weighted by Crippen LogP contribution is 2.37. The number of benzene rings is 3. The van der Waals surface area contributed by atoms with E-state index in [2.05, 4.69) is 0 Å². The molecule has 0 N–H and O–H groups in total. The van der Waals surface area contributed by atoms with Crippen LogP contribution in [-0.4, -0.2) is 40.0 Å². The van der Waals surface area contributed by atoms with E-state index < -0.39 is 49.2 Å². The summed E-state index contributed by atoms with van der Waals surface area (Å²) in [6.07, 6.45) is 0.249. The van der Waals surface area contributed by atoms with Gasteiger partial charge in [0.05, 0.1) is 22.4 Å². The Kier molecular flexibility index (Phi) is 10.1. The molecule has 0 aliphatic rings. The second-order valence-electron chi connectivity index (χ2n) is 8.87. The third kappa shape index (κ3) is 7.13. The van der Waals surface area contributed by atoms with E-state index in [1.54, 1.807) is 13.8 Å². The Morgan fingerprint density at radius 2 is 1.44 bits per heavy atom. The summed E-state index contributed by atoms with van der Waals surface area (Å²) in [7, 11) is -8.01. The number of halogens is 4. The predicted octanol–water partition coefficient (Wildman–Crippen LogP) is 6.32. The molecule has 0 bridgehead atoms. The lowest BCUT2D eigenvalue weighted by Gasteiger charge is -2.32. The lowest BCUT2D eigenvalue weighted by molar-refractivity contribution is 0.444. The summed E-state index contributed by atoms with van der Waals surface area (Å²) in [5.41, 5.74) is 0.139. The van der Waals surface area contributed by atoms with Gasteiger partial charge in [0, 0.05) is 24.2 Å². The van der Waals surface area contributed by atoms with Gasteiger partial charge in [0.2, 0.25) is 10.0 Å². The van der Waals surface area contributed by atoms with Gasteiger partial charge >= 0.3 is 0 Å². The number of hydrogen-bond donors (Lipinski definition) is 0. The van der Waals surface area contributed by atoms with E-state index in [-0.39, 0.29) is 28.5 Å². The van der Waals surface area contributed by atoms with Gasteiger partial charge in [-0.1, -0.05) is 31.5 Å². The Balaban J connectivity index is 2.08. The minimum Gasteiger partial charge on any atom is -0.256 e. The fourth-order valence-electron chi connectivity index (χ4n) is 4.44. The van der Waals surface area contributed by atoms with Crippen molar-refractivity contribution in [3.05, 3.63) is 94.3 Å². The number of aryl methyl sites for hydroxylation is 1. The summed E-state index contributed by atoms with van der Waals surface area (Å²) >= 11 is 5.92. The second-order valence-corrected chi connectivity index (χ2v) is 13.2. The summed E-state index contributed by atoms with van der Waals surface area (Å²) < 4.78 is 98.5. The van der Waals surface area contributed by atoms with Gasteiger partial charge in [-0.15, -0.1) is 0 Å². The Labute approximate surface area is 233 Å². The van der Waals surface area contributed by atoms with Gasteiger partial charge in [-0.3, -0.25) is 4.31 Å². The Bertz CT molecular complexity index is 1510. The molecule has 3 aromatic rings. The first-order valence-electron chi connectivity index (χ1n) is 12.3. The van der Waals surface area contributed by atoms with E-state index >= 15 is 4.39 Å². The Hall–Kier alpha value is -2.60. The van der Waals surface area contributed by atoms with E-state index in [1.165, 1.54) is 47.6 Å². The molecule has 1 atom stereocenters. The normalized spacial score (nSPS) is 13.0. The molecule has 0 aromatic heterocycles. The van der Waals surface area contributed by atoms with Gasteiger partial charge in [0.1, 0.15) is 17.5 Å². The Morgan fingerprint density at radius 1 is 0.846 bits per heavy atom. The van der Waals surface area contributed by atoms with Crippen LogP contribution in [-0.2, 0) is 26.5 Å². The minimum absolute atomic E-state index is 0.110. The molecule has 0 saturated heterocycles. The molecule has 0 aliphatic carbocycles. The number of rotatable bonds is 12. The average Bonchev–Trinajstić information content (AvgIpc) is 2.87. The van der Waals surface area contributed by atoms with Crippen LogP contribution in [0.2, 0.25) is 5.02 Å². The highest BCUT2D eigenvalue weighted by molar-refractivity contribution is 7.92. The van der Waals surface area contributed by atoms with E-state index in [0.29, 0.717) is 24.2 Å². The first-order chi connectivity index (χ1) is 18.3. The van der Waals surface area contributed by atoms with Crippen molar-refractivity contribution in [3.8, 4) is 0 Å². The highest BCUT2D eigenvalue weighted by Gasteiger charge is 2.34. The topological polar surface area (TPSA) is 74.8 Å². The van der Waals surface area contributed by atoms with Crippen molar-refractivity contribution in [3.63, 3.8) is 0 Å². The molecule has 39 heavy (non-hydrogen) atoms. The molecular weight excluding hydrogens is 573 g/mol. The van der Waals surface area contributed by atoms with Gasteiger partial charge < -0.3 is 0 Å². The maximum atomic E-state index is 15.0. The molecule has 0 aliphatic heterocycles. The first kappa shape index (κ1) is 30.9. The summed E-state index contributed by atoms with van der Waals surface area (Å²) in [5.74, 6) is -2.62. The van der Waals surface area contributed by atoms with E-state index in [1.807, 2.05) is 0 Å². The third-order valence-electron chi connectivity index (χ3n) is 6.37. The number of anilines is 1. The van der Waals surface area contributed by atoms with Gasteiger partial charge in [-0.05, 0) is 79.4 Å². The monoisotopic (exact) mass is 602 g/mol. The van der Waals surface area contributed by atoms with Crippen molar-refractivity contribution < 1.29 is 30.0 Å². The van der Waals surface area contributed by atoms with Gasteiger partial charge in [0.25, 0.3) is 10.0 Å². The molecule has 0 saturated carbocycles. The number of hydrogen-bond acceptors (Lipinski definition) is 4. The summed E-state index contributed by atoms with van der Waals surface area (Å²) in [5, 5.41) is 0.283. The average molecular weight is 603 g/mol. The van der Waals surface area contributed by atoms with Crippen LogP contribution in [0.25, 0.3) is 0 Å². The third-order valence-corrected chi connectivity index (χ3v) is 10.6. The van der Waals surface area contributed by atoms with Crippen LogP contribution in [0.3, 0.4) is 0 Å². The molecular formula is C27H30ClF3N2O4S2. The Morgan fingerprint density at radius 3 is 2.05 bits per heavy atom. The molecule has 0 amide bonds. The van der Waals surface area contributed by atoms with E-state index in [9.17, 15) is 25.6 Å². The predicted molar refractivity (Wildman–Crippen MR) is 147 cm³/mol. The van der Waals surface area contributed by atoms with Crippen molar-refractivity contribution in [2.75, 3.05) is 23.1 Å². The van der Waals surface area contributed by atoms with E-state index in [4.69, 9.17) is 11.6 Å². The fraction of sp³-hybridized carbons (Fsp3) is 0.333. The fourth-order valence-corrected chi connectivity index (χ4v) is 7.75. The van der Waals surface area contributed by atoms with Crippen molar-refractivity contribution in [2.45, 2.75) is 44.6 Å². The molecule has 0 fully saturated rings. The molecule has 0 radical (unpaired) electrons. The SMILES string of the molecule is CCN(CC)S(=O)(=O)CCCc1cc(F)ccc1C(C)N(c1cc(F)ccc1F)S(=O)(=O)c1ccc(Cl)cc1. The summed E-state index contributed by atoms with van der Waals surface area (Å²) in [6.45, 7) is 5.57. The zero-order valence-corrected chi connectivity index (χ0v) is 24.1. The van der Waals surface area contributed by atoms with Crippen LogP contribution in [0.5, 0.6) is 0 Å². The molecule has 1 unspecified atom stereocenters. The van der Waals surface area contributed by atoms with E-state index in [0.717, 1.165) is 28.6 Å². The quantitative estimate of drug-likeness (QED) is 0.243. The van der Waals surface area contributed by atoms with Crippen LogP contribution in [0.1, 0.15) is 44.4 Å². The standard InChI is InChI=1S/C27H30ClF3N2O4S2/c1-4-32(5-2)38(34,35)16-6-7-20-17-22(29)10-14-25(20)19(3)33(27-18-23(30)11-15-26(27)31)39(36,37)24-12-8-21(28)9-13-24/h8-15,17-19H,4-7,16H2,1-3H3. The summed E-state index contributed by atoms with van der Waals surface area (Å²) in [4.78, 5) is -0.212. The maximum absolute atomic E-state index is 15.0. The van der Waals surface area contributed by atoms with Crippen molar-refractivity contribution >= 4 is 37.3 Å². The lowest BCUT2D eigenvalue weighted by Crippen LogP contribution is -2.35. The lowest BCUT2D eigenvalue weighted by atomic mass is 9.97. The molecule has 3 rings (SSSR count). The molecule has 212 valence electrons. The first-order valence-corrected chi connectivity index (χ1v) is 15.8. The zero-order chi connectivity index (χ0) is 29.0. The largest absolute Gasteiger partial charge is 0.264 e. The smallest absolute Gasteiger partial charge is 0.256 e. The minimum atomic E-state index is -4.47. The van der Waals surface area contributed by atoms with Crippen LogP contribution in [0, 0.1) is 17.5 Å². The summed E-state index contributed by atoms with van der Waals surface area (Å²) in [6, 6.07) is 10.3. The molecule has 0 spiro atoms. The molecule has 3 aromatic carbocycles. The van der Waals surface area contributed by atoms with Crippen molar-refractivity contribution in [2.24, 2.45) is 0 Å². The van der Waals surface area contributed by atoms with Gasteiger partial charge in [0.15, 0.2) is 0 Å². The van der Waals surface area contributed by atoms with Crippen molar-refractivity contribution in [1.82, 2.24) is 4.31 Å².